The Hall–Kier alpha value is -1.30. The van der Waals surface area contributed by atoms with Crippen LogP contribution < -0.4 is 0 Å². The van der Waals surface area contributed by atoms with Crippen LogP contribution in [0.15, 0.2) is 52.0 Å². The molecule has 23 heavy (non-hydrogen) atoms. The van der Waals surface area contributed by atoms with Crippen molar-refractivity contribution < 1.29 is 14.8 Å². The van der Waals surface area contributed by atoms with Crippen molar-refractivity contribution in [3.05, 3.63) is 57.6 Å². The van der Waals surface area contributed by atoms with Gasteiger partial charge in [-0.3, -0.25) is 0 Å². The summed E-state index contributed by atoms with van der Waals surface area (Å²) in [4.78, 5) is 0. The van der Waals surface area contributed by atoms with Crippen LogP contribution in [0.2, 0.25) is 6.32 Å². The second-order valence-electron chi connectivity index (χ2n) is 5.99. The molecule has 2 N–H and O–H groups in total. The molecule has 1 aromatic carbocycles. The number of benzene rings is 1. The molecule has 1 unspecified atom stereocenters. The molecular weight excluding hydrogens is 355 g/mol. The van der Waals surface area contributed by atoms with Crippen LogP contribution in [-0.2, 0) is 4.65 Å². The molecule has 0 amide bonds. The first-order valence-electron chi connectivity index (χ1n) is 7.72. The standard InChI is InChI=1S/C18H22BBrO3/c1-12(2)16-8-9-19(22)23-18(16)7-4-13(3)10-14-11-15(20)5-6-17(14)21/h5-6,8,10-11,18,21-22H,1,4,7,9H2,2-3H3/b13-10+. The van der Waals surface area contributed by atoms with Crippen molar-refractivity contribution in [2.24, 2.45) is 0 Å². The van der Waals surface area contributed by atoms with E-state index in [4.69, 9.17) is 4.65 Å². The maximum Gasteiger partial charge on any atom is 0.458 e. The van der Waals surface area contributed by atoms with Crippen molar-refractivity contribution >= 4 is 29.1 Å². The molecule has 0 bridgehead atoms. The third-order valence-corrected chi connectivity index (χ3v) is 4.39. The molecule has 122 valence electrons. The average molecular weight is 377 g/mol. The van der Waals surface area contributed by atoms with E-state index in [0.29, 0.717) is 6.32 Å². The Kier molecular flexibility index (Phi) is 6.28. The molecule has 1 aliphatic heterocycles. The number of phenolic OH excluding ortho intramolecular Hbond substituents is 1. The zero-order chi connectivity index (χ0) is 17.0. The number of aromatic hydroxyl groups is 1. The van der Waals surface area contributed by atoms with Gasteiger partial charge in [-0.2, -0.15) is 0 Å². The molecule has 1 atom stereocenters. The fourth-order valence-electron chi connectivity index (χ4n) is 2.69. The Balaban J connectivity index is 2.05. The van der Waals surface area contributed by atoms with Gasteiger partial charge in [-0.15, -0.1) is 0 Å². The third kappa shape index (κ3) is 5.10. The molecule has 0 aliphatic carbocycles. The molecule has 0 fully saturated rings. The van der Waals surface area contributed by atoms with Crippen molar-refractivity contribution in [1.29, 1.82) is 0 Å². The van der Waals surface area contributed by atoms with Crippen molar-refractivity contribution in [2.45, 2.75) is 39.1 Å². The van der Waals surface area contributed by atoms with E-state index in [9.17, 15) is 10.1 Å². The smallest absolute Gasteiger partial charge is 0.458 e. The normalized spacial score (nSPS) is 18.8. The van der Waals surface area contributed by atoms with E-state index in [1.807, 2.05) is 38.1 Å². The second-order valence-corrected chi connectivity index (χ2v) is 6.90. The van der Waals surface area contributed by atoms with Gasteiger partial charge in [0.1, 0.15) is 5.75 Å². The predicted molar refractivity (Wildman–Crippen MR) is 99.2 cm³/mol. The van der Waals surface area contributed by atoms with Gasteiger partial charge in [0.25, 0.3) is 0 Å². The zero-order valence-electron chi connectivity index (χ0n) is 13.6. The molecule has 0 aromatic heterocycles. The monoisotopic (exact) mass is 376 g/mol. The van der Waals surface area contributed by atoms with Crippen molar-refractivity contribution in [3.8, 4) is 5.75 Å². The molecule has 3 nitrogen and oxygen atoms in total. The van der Waals surface area contributed by atoms with Gasteiger partial charge >= 0.3 is 7.12 Å². The summed E-state index contributed by atoms with van der Waals surface area (Å²) in [6, 6.07) is 5.37. The quantitative estimate of drug-likeness (QED) is 0.731. The van der Waals surface area contributed by atoms with E-state index in [1.54, 1.807) is 6.07 Å². The molecule has 1 aliphatic rings. The minimum Gasteiger partial charge on any atom is -0.507 e. The van der Waals surface area contributed by atoms with Crippen molar-refractivity contribution in [1.82, 2.24) is 0 Å². The maximum atomic E-state index is 9.91. The lowest BCUT2D eigenvalue weighted by molar-refractivity contribution is 0.183. The number of hydrogen-bond donors (Lipinski definition) is 2. The van der Waals surface area contributed by atoms with Crippen LogP contribution in [0.4, 0.5) is 0 Å². The van der Waals surface area contributed by atoms with Crippen LogP contribution in [0.3, 0.4) is 0 Å². The topological polar surface area (TPSA) is 49.7 Å². The number of rotatable bonds is 5. The lowest BCUT2D eigenvalue weighted by Crippen LogP contribution is -2.31. The summed E-state index contributed by atoms with van der Waals surface area (Å²) in [6.45, 7) is 7.98. The van der Waals surface area contributed by atoms with Gasteiger partial charge in [0.05, 0.1) is 6.10 Å². The van der Waals surface area contributed by atoms with E-state index in [-0.39, 0.29) is 11.9 Å². The molecule has 5 heteroatoms. The fraction of sp³-hybridized carbons (Fsp3) is 0.333. The Bertz CT molecular complexity index is 652. The van der Waals surface area contributed by atoms with Crippen LogP contribution in [-0.4, -0.2) is 23.4 Å². The number of hydrogen-bond acceptors (Lipinski definition) is 3. The summed E-state index contributed by atoms with van der Waals surface area (Å²) in [7, 11) is -0.735. The number of allylic oxidation sites excluding steroid dienone is 2. The number of halogens is 1. The zero-order valence-corrected chi connectivity index (χ0v) is 15.1. The molecule has 0 radical (unpaired) electrons. The van der Waals surface area contributed by atoms with E-state index in [0.717, 1.165) is 39.6 Å². The molecule has 2 rings (SSSR count). The SMILES string of the molecule is C=C(C)C1=CCB(O)OC1CC/C(C)=C/c1cc(Br)ccc1O. The lowest BCUT2D eigenvalue weighted by Gasteiger charge is -2.27. The summed E-state index contributed by atoms with van der Waals surface area (Å²) < 4.78 is 6.58. The molecule has 0 saturated heterocycles. The highest BCUT2D eigenvalue weighted by molar-refractivity contribution is 9.10. The highest BCUT2D eigenvalue weighted by Gasteiger charge is 2.26. The van der Waals surface area contributed by atoms with Gasteiger partial charge in [0, 0.05) is 16.4 Å². The fourth-order valence-corrected chi connectivity index (χ4v) is 3.07. The minimum absolute atomic E-state index is 0.129. The third-order valence-electron chi connectivity index (χ3n) is 3.89. The summed E-state index contributed by atoms with van der Waals surface area (Å²) in [6.07, 6.45) is 5.96. The molecule has 0 spiro atoms. The van der Waals surface area contributed by atoms with Crippen LogP contribution in [0.25, 0.3) is 6.08 Å². The summed E-state index contributed by atoms with van der Waals surface area (Å²) >= 11 is 3.41. The highest BCUT2D eigenvalue weighted by Crippen LogP contribution is 2.29. The second kappa shape index (κ2) is 8.00. The molecular formula is C18H22BBrO3. The summed E-state index contributed by atoms with van der Waals surface area (Å²) in [5.74, 6) is 0.263. The summed E-state index contributed by atoms with van der Waals surface area (Å²) in [5, 5.41) is 19.6. The van der Waals surface area contributed by atoms with Crippen LogP contribution >= 0.6 is 15.9 Å². The van der Waals surface area contributed by atoms with E-state index < -0.39 is 7.12 Å². The minimum atomic E-state index is -0.735. The van der Waals surface area contributed by atoms with Crippen LogP contribution in [0.5, 0.6) is 5.75 Å². The van der Waals surface area contributed by atoms with Crippen molar-refractivity contribution in [3.63, 3.8) is 0 Å². The maximum absolute atomic E-state index is 9.91. The van der Waals surface area contributed by atoms with Gasteiger partial charge in [0.15, 0.2) is 0 Å². The Morgan fingerprint density at radius 1 is 1.48 bits per heavy atom. The van der Waals surface area contributed by atoms with Gasteiger partial charge in [-0.1, -0.05) is 45.8 Å². The Morgan fingerprint density at radius 2 is 2.22 bits per heavy atom. The first-order valence-corrected chi connectivity index (χ1v) is 8.51. The van der Waals surface area contributed by atoms with Gasteiger partial charge in [-0.25, -0.2) is 0 Å². The molecule has 1 heterocycles. The van der Waals surface area contributed by atoms with E-state index in [1.165, 1.54) is 0 Å². The van der Waals surface area contributed by atoms with Crippen molar-refractivity contribution in [2.75, 3.05) is 0 Å². The lowest BCUT2D eigenvalue weighted by atomic mass is 9.78. The largest absolute Gasteiger partial charge is 0.507 e. The Morgan fingerprint density at radius 3 is 2.91 bits per heavy atom. The first-order chi connectivity index (χ1) is 10.9. The Labute approximate surface area is 146 Å². The highest BCUT2D eigenvalue weighted by atomic mass is 79.9. The average Bonchev–Trinajstić information content (AvgIpc) is 2.48. The first kappa shape index (κ1) is 18.0. The number of phenols is 1. The van der Waals surface area contributed by atoms with Crippen LogP contribution in [0.1, 0.15) is 32.3 Å². The molecule has 0 saturated carbocycles. The van der Waals surface area contributed by atoms with Gasteiger partial charge in [0.2, 0.25) is 0 Å². The van der Waals surface area contributed by atoms with Crippen LogP contribution in [0, 0.1) is 0 Å². The summed E-state index contributed by atoms with van der Waals surface area (Å²) in [5.41, 5.74) is 3.99. The van der Waals surface area contributed by atoms with E-state index in [2.05, 4.69) is 22.5 Å². The van der Waals surface area contributed by atoms with E-state index >= 15 is 0 Å². The van der Waals surface area contributed by atoms with Gasteiger partial charge < -0.3 is 14.8 Å². The molecule has 1 aromatic rings. The predicted octanol–water partition coefficient (Wildman–Crippen LogP) is 4.72. The van der Waals surface area contributed by atoms with Gasteiger partial charge in [-0.05, 0) is 50.5 Å².